The van der Waals surface area contributed by atoms with E-state index in [1.807, 2.05) is 6.92 Å². The molecule has 0 aliphatic heterocycles. The Bertz CT molecular complexity index is 919. The third kappa shape index (κ3) is 2.93. The molecule has 0 aliphatic carbocycles. The van der Waals surface area contributed by atoms with Crippen LogP contribution in [0.4, 0.5) is 5.13 Å². The molecule has 2 aromatic heterocycles. The molecule has 1 N–H and O–H groups in total. The minimum Gasteiger partial charge on any atom is -0.451 e. The predicted molar refractivity (Wildman–Crippen MR) is 87.4 cm³/mol. The monoisotopic (exact) mass is 379 g/mol. The van der Waals surface area contributed by atoms with Crippen LogP contribution in [-0.4, -0.2) is 16.1 Å². The lowest BCUT2D eigenvalue weighted by Crippen LogP contribution is -2.14. The topological polar surface area (TPSA) is 85.1 Å². The Kier molecular flexibility index (Phi) is 4.04. The Morgan fingerprint density at radius 1 is 1.36 bits per heavy atom. The van der Waals surface area contributed by atoms with Gasteiger partial charge in [-0.2, -0.15) is 0 Å². The average Bonchev–Trinajstić information content (AvgIpc) is 2.94. The van der Waals surface area contributed by atoms with Crippen molar-refractivity contribution in [3.63, 3.8) is 0 Å². The molecule has 22 heavy (non-hydrogen) atoms. The van der Waals surface area contributed by atoms with E-state index >= 15 is 0 Å². The molecule has 0 aliphatic rings. The number of halogens is 1. The summed E-state index contributed by atoms with van der Waals surface area (Å²) in [7, 11) is 0. The van der Waals surface area contributed by atoms with E-state index in [-0.39, 0.29) is 11.2 Å². The van der Waals surface area contributed by atoms with Gasteiger partial charge in [0.2, 0.25) is 5.13 Å². The average molecular weight is 380 g/mol. The number of anilines is 1. The second kappa shape index (κ2) is 5.98. The molecule has 0 unspecified atom stereocenters. The van der Waals surface area contributed by atoms with E-state index in [1.54, 1.807) is 18.2 Å². The van der Waals surface area contributed by atoms with Crippen molar-refractivity contribution in [2.75, 3.05) is 5.32 Å². The molecular weight excluding hydrogens is 370 g/mol. The first-order chi connectivity index (χ1) is 10.6. The molecule has 6 nitrogen and oxygen atoms in total. The van der Waals surface area contributed by atoms with Crippen LogP contribution in [0.1, 0.15) is 22.5 Å². The largest absolute Gasteiger partial charge is 0.451 e. The number of amides is 1. The summed E-state index contributed by atoms with van der Waals surface area (Å²) in [5.74, 6) is -0.596. The highest BCUT2D eigenvalue weighted by Gasteiger charge is 2.14. The van der Waals surface area contributed by atoms with Crippen LogP contribution < -0.4 is 10.7 Å². The van der Waals surface area contributed by atoms with Crippen LogP contribution in [-0.2, 0) is 6.42 Å². The van der Waals surface area contributed by atoms with Crippen molar-refractivity contribution in [2.45, 2.75) is 13.3 Å². The highest BCUT2D eigenvalue weighted by molar-refractivity contribution is 9.10. The van der Waals surface area contributed by atoms with Crippen LogP contribution in [0.5, 0.6) is 0 Å². The highest BCUT2D eigenvalue weighted by atomic mass is 79.9. The molecule has 0 saturated heterocycles. The molecule has 0 spiro atoms. The van der Waals surface area contributed by atoms with Gasteiger partial charge in [0.15, 0.2) is 11.2 Å². The molecule has 3 aromatic rings. The van der Waals surface area contributed by atoms with Crippen LogP contribution in [0.25, 0.3) is 11.0 Å². The number of carbonyl (C=O) groups is 1. The van der Waals surface area contributed by atoms with Gasteiger partial charge in [0.05, 0.1) is 5.39 Å². The molecule has 0 saturated carbocycles. The lowest BCUT2D eigenvalue weighted by molar-refractivity contribution is 0.0997. The van der Waals surface area contributed by atoms with Gasteiger partial charge in [-0.25, -0.2) is 0 Å². The van der Waals surface area contributed by atoms with Crippen LogP contribution in [0, 0.1) is 0 Å². The normalized spacial score (nSPS) is 10.8. The van der Waals surface area contributed by atoms with Crippen molar-refractivity contribution in [3.8, 4) is 0 Å². The van der Waals surface area contributed by atoms with Gasteiger partial charge in [0, 0.05) is 10.5 Å². The molecule has 0 atom stereocenters. The quantitative estimate of drug-likeness (QED) is 0.754. The summed E-state index contributed by atoms with van der Waals surface area (Å²) in [5.41, 5.74) is 0.0731. The number of aromatic nitrogens is 2. The van der Waals surface area contributed by atoms with Crippen LogP contribution >= 0.6 is 27.3 Å². The van der Waals surface area contributed by atoms with Gasteiger partial charge in [0.1, 0.15) is 10.6 Å². The summed E-state index contributed by atoms with van der Waals surface area (Å²) >= 11 is 4.59. The third-order valence-electron chi connectivity index (χ3n) is 2.90. The molecule has 3 rings (SSSR count). The molecule has 0 radical (unpaired) electrons. The number of hydrogen-bond acceptors (Lipinski definition) is 6. The highest BCUT2D eigenvalue weighted by Crippen LogP contribution is 2.20. The summed E-state index contributed by atoms with van der Waals surface area (Å²) in [6.45, 7) is 1.95. The smallest absolute Gasteiger partial charge is 0.293 e. The molecule has 1 aromatic carbocycles. The molecule has 1 amide bonds. The van der Waals surface area contributed by atoms with Gasteiger partial charge >= 0.3 is 0 Å². The summed E-state index contributed by atoms with van der Waals surface area (Å²) in [6, 6.07) is 6.21. The maximum Gasteiger partial charge on any atom is 0.293 e. The first-order valence-corrected chi connectivity index (χ1v) is 8.05. The van der Waals surface area contributed by atoms with Gasteiger partial charge in [-0.15, -0.1) is 10.2 Å². The van der Waals surface area contributed by atoms with Crippen molar-refractivity contribution in [1.82, 2.24) is 10.2 Å². The summed E-state index contributed by atoms with van der Waals surface area (Å²) < 4.78 is 6.27. The van der Waals surface area contributed by atoms with Crippen molar-refractivity contribution < 1.29 is 9.21 Å². The van der Waals surface area contributed by atoms with E-state index in [9.17, 15) is 9.59 Å². The van der Waals surface area contributed by atoms with Crippen molar-refractivity contribution in [2.24, 2.45) is 0 Å². The Hall–Kier alpha value is -2.06. The van der Waals surface area contributed by atoms with Gasteiger partial charge in [-0.1, -0.05) is 34.2 Å². The van der Waals surface area contributed by atoms with E-state index in [1.165, 1.54) is 17.4 Å². The Labute approximate surface area is 137 Å². The van der Waals surface area contributed by atoms with E-state index in [2.05, 4.69) is 31.4 Å². The number of hydrogen-bond donors (Lipinski definition) is 1. The Balaban J connectivity index is 1.95. The van der Waals surface area contributed by atoms with Gasteiger partial charge in [-0.05, 0) is 24.6 Å². The molecule has 0 bridgehead atoms. The molecule has 0 fully saturated rings. The number of carbonyl (C=O) groups excluding carboxylic acids is 1. The zero-order valence-corrected chi connectivity index (χ0v) is 13.8. The fourth-order valence-corrected chi connectivity index (χ4v) is 2.86. The van der Waals surface area contributed by atoms with Crippen molar-refractivity contribution >= 4 is 49.3 Å². The SMILES string of the molecule is CCc1nnc(NC(=O)c2cc(=O)c3ccc(Br)cc3o2)s1. The lowest BCUT2D eigenvalue weighted by Gasteiger charge is -2.03. The second-order valence-corrected chi connectivity index (χ2v) is 6.40. The maximum atomic E-state index is 12.2. The minimum absolute atomic E-state index is 0.0659. The Morgan fingerprint density at radius 2 is 2.18 bits per heavy atom. The molecule has 8 heteroatoms. The fourth-order valence-electron chi connectivity index (χ4n) is 1.85. The zero-order valence-electron chi connectivity index (χ0n) is 11.4. The van der Waals surface area contributed by atoms with Gasteiger partial charge in [0.25, 0.3) is 5.91 Å². The number of nitrogens with zero attached hydrogens (tertiary/aromatic N) is 2. The van der Waals surface area contributed by atoms with Crippen molar-refractivity contribution in [1.29, 1.82) is 0 Å². The number of aryl methyl sites for hydroxylation is 1. The standard InChI is InChI=1S/C14H10BrN3O3S/c1-2-12-17-18-14(22-12)16-13(20)11-6-9(19)8-4-3-7(15)5-10(8)21-11/h3-6H,2H2,1H3,(H,16,18,20). The lowest BCUT2D eigenvalue weighted by atomic mass is 10.2. The van der Waals surface area contributed by atoms with Gasteiger partial charge < -0.3 is 4.42 Å². The predicted octanol–water partition coefficient (Wildman–Crippen LogP) is 3.22. The Morgan fingerprint density at radius 3 is 2.91 bits per heavy atom. The van der Waals surface area contributed by atoms with Crippen LogP contribution in [0.2, 0.25) is 0 Å². The molecule has 112 valence electrons. The van der Waals surface area contributed by atoms with E-state index in [0.29, 0.717) is 16.1 Å². The first-order valence-electron chi connectivity index (χ1n) is 6.44. The fraction of sp³-hybridized carbons (Fsp3) is 0.143. The molecular formula is C14H10BrN3O3S. The summed E-state index contributed by atoms with van der Waals surface area (Å²) in [4.78, 5) is 24.2. The van der Waals surface area contributed by atoms with Crippen molar-refractivity contribution in [3.05, 3.63) is 49.7 Å². The second-order valence-electron chi connectivity index (χ2n) is 4.42. The first kappa shape index (κ1) is 14.9. The van der Waals surface area contributed by atoms with Crippen LogP contribution in [0.15, 0.2) is 37.9 Å². The van der Waals surface area contributed by atoms with E-state index in [4.69, 9.17) is 4.42 Å². The minimum atomic E-state index is -0.530. The summed E-state index contributed by atoms with van der Waals surface area (Å²) in [5, 5.41) is 12.0. The van der Waals surface area contributed by atoms with E-state index < -0.39 is 5.91 Å². The zero-order chi connectivity index (χ0) is 15.7. The maximum absolute atomic E-state index is 12.2. The number of nitrogens with one attached hydrogen (secondary N) is 1. The number of fused-ring (bicyclic) bond motifs is 1. The van der Waals surface area contributed by atoms with E-state index in [0.717, 1.165) is 15.9 Å². The molecule has 2 heterocycles. The third-order valence-corrected chi connectivity index (χ3v) is 4.38. The summed E-state index contributed by atoms with van der Waals surface area (Å²) in [6.07, 6.45) is 0.743. The number of benzene rings is 1. The number of rotatable bonds is 3. The van der Waals surface area contributed by atoms with Gasteiger partial charge in [-0.3, -0.25) is 14.9 Å². The van der Waals surface area contributed by atoms with Crippen LogP contribution in [0.3, 0.4) is 0 Å².